The molecule has 0 aliphatic carbocycles. The van der Waals surface area contributed by atoms with Gasteiger partial charge in [-0.15, -0.1) is 0 Å². The number of rotatable bonds is 9. The standard InChI is InChI=1S/C29H28ClNO6/c1-4-37-24-17-19(11-14-22(24)30)27(32)25-26(21-7-5-6-8-23(21)36-3)31(29(34)28(25)33)16-15-18-9-12-20(35-2)13-10-18/h5-14,17,26,32H,4,15-16H2,1-3H3/b27-25+. The zero-order chi connectivity index (χ0) is 26.5. The molecule has 1 atom stereocenters. The van der Waals surface area contributed by atoms with Gasteiger partial charge < -0.3 is 24.2 Å². The smallest absolute Gasteiger partial charge is 0.295 e. The fourth-order valence-electron chi connectivity index (χ4n) is 4.44. The highest BCUT2D eigenvalue weighted by Gasteiger charge is 2.46. The van der Waals surface area contributed by atoms with Crippen LogP contribution in [0, 0.1) is 0 Å². The summed E-state index contributed by atoms with van der Waals surface area (Å²) in [5, 5.41) is 11.7. The number of hydrogen-bond acceptors (Lipinski definition) is 6. The Kier molecular flexibility index (Phi) is 8.04. The molecule has 0 saturated carbocycles. The van der Waals surface area contributed by atoms with E-state index in [9.17, 15) is 14.7 Å². The van der Waals surface area contributed by atoms with E-state index in [1.54, 1.807) is 49.6 Å². The van der Waals surface area contributed by atoms with E-state index in [0.29, 0.717) is 40.7 Å². The lowest BCUT2D eigenvalue weighted by molar-refractivity contribution is -0.139. The number of ketones is 1. The van der Waals surface area contributed by atoms with Crippen molar-refractivity contribution < 1.29 is 28.9 Å². The first-order valence-electron chi connectivity index (χ1n) is 11.9. The number of Topliss-reactive ketones (excluding diaryl/α,β-unsaturated/α-hetero) is 1. The Morgan fingerprint density at radius 2 is 1.70 bits per heavy atom. The molecule has 1 unspecified atom stereocenters. The van der Waals surface area contributed by atoms with E-state index in [-0.39, 0.29) is 17.9 Å². The summed E-state index contributed by atoms with van der Waals surface area (Å²) in [4.78, 5) is 28.1. The average molecular weight is 522 g/mol. The molecular formula is C29H28ClNO6. The number of benzene rings is 3. The number of halogens is 1. The van der Waals surface area contributed by atoms with Crippen LogP contribution in [0.15, 0.2) is 72.3 Å². The molecule has 1 fully saturated rings. The normalized spacial score (nSPS) is 16.6. The quantitative estimate of drug-likeness (QED) is 0.230. The van der Waals surface area contributed by atoms with Gasteiger partial charge in [0.15, 0.2) is 0 Å². The first-order valence-corrected chi connectivity index (χ1v) is 12.2. The largest absolute Gasteiger partial charge is 0.507 e. The van der Waals surface area contributed by atoms with Gasteiger partial charge >= 0.3 is 0 Å². The number of carbonyl (C=O) groups is 2. The van der Waals surface area contributed by atoms with E-state index < -0.39 is 17.7 Å². The Hall–Kier alpha value is -3.97. The molecule has 4 rings (SSSR count). The summed E-state index contributed by atoms with van der Waals surface area (Å²) in [6, 6.07) is 18.6. The van der Waals surface area contributed by atoms with Crippen LogP contribution in [-0.2, 0) is 16.0 Å². The van der Waals surface area contributed by atoms with Crippen LogP contribution in [0.2, 0.25) is 5.02 Å². The monoisotopic (exact) mass is 521 g/mol. The third-order valence-electron chi connectivity index (χ3n) is 6.28. The number of amides is 1. The van der Waals surface area contributed by atoms with Crippen molar-refractivity contribution in [3.05, 3.63) is 94.0 Å². The highest BCUT2D eigenvalue weighted by molar-refractivity contribution is 6.46. The van der Waals surface area contributed by atoms with Gasteiger partial charge in [-0.25, -0.2) is 0 Å². The Morgan fingerprint density at radius 3 is 2.38 bits per heavy atom. The van der Waals surface area contributed by atoms with Crippen LogP contribution in [0.25, 0.3) is 5.76 Å². The number of aliphatic hydroxyl groups excluding tert-OH is 1. The maximum Gasteiger partial charge on any atom is 0.295 e. The molecule has 1 N–H and O–H groups in total. The average Bonchev–Trinajstić information content (AvgIpc) is 3.17. The van der Waals surface area contributed by atoms with Gasteiger partial charge in [0.1, 0.15) is 23.0 Å². The second-order valence-electron chi connectivity index (χ2n) is 8.41. The Labute approximate surface area is 220 Å². The number of hydrogen-bond donors (Lipinski definition) is 1. The van der Waals surface area contributed by atoms with Crippen LogP contribution >= 0.6 is 11.6 Å². The minimum Gasteiger partial charge on any atom is -0.507 e. The van der Waals surface area contributed by atoms with Gasteiger partial charge in [-0.1, -0.05) is 41.9 Å². The number of carbonyl (C=O) groups excluding carboxylic acids is 2. The molecule has 0 bridgehead atoms. The molecule has 37 heavy (non-hydrogen) atoms. The summed E-state index contributed by atoms with van der Waals surface area (Å²) in [7, 11) is 3.12. The van der Waals surface area contributed by atoms with E-state index >= 15 is 0 Å². The van der Waals surface area contributed by atoms with Gasteiger partial charge in [0.05, 0.1) is 37.5 Å². The summed E-state index contributed by atoms with van der Waals surface area (Å²) in [6.07, 6.45) is 0.498. The van der Waals surface area contributed by atoms with Crippen molar-refractivity contribution in [3.63, 3.8) is 0 Å². The number of methoxy groups -OCH3 is 2. The molecular weight excluding hydrogens is 494 g/mol. The van der Waals surface area contributed by atoms with Crippen LogP contribution in [0.4, 0.5) is 0 Å². The maximum atomic E-state index is 13.4. The molecule has 7 nitrogen and oxygen atoms in total. The first kappa shape index (κ1) is 26.1. The molecule has 192 valence electrons. The number of para-hydroxylation sites is 1. The van der Waals surface area contributed by atoms with E-state index in [4.69, 9.17) is 25.8 Å². The van der Waals surface area contributed by atoms with Crippen LogP contribution in [0.5, 0.6) is 17.2 Å². The number of ether oxygens (including phenoxy) is 3. The first-order chi connectivity index (χ1) is 17.9. The number of aliphatic hydroxyl groups is 1. The highest BCUT2D eigenvalue weighted by Crippen LogP contribution is 2.43. The van der Waals surface area contributed by atoms with Gasteiger partial charge in [-0.3, -0.25) is 9.59 Å². The van der Waals surface area contributed by atoms with Crippen molar-refractivity contribution in [3.8, 4) is 17.2 Å². The number of likely N-dealkylation sites (tertiary alicyclic amines) is 1. The lowest BCUT2D eigenvalue weighted by atomic mass is 9.94. The van der Waals surface area contributed by atoms with Crippen molar-refractivity contribution in [2.75, 3.05) is 27.4 Å². The second kappa shape index (κ2) is 11.4. The van der Waals surface area contributed by atoms with E-state index in [0.717, 1.165) is 11.3 Å². The minimum absolute atomic E-state index is 0.0194. The minimum atomic E-state index is -0.847. The molecule has 0 radical (unpaired) electrons. The molecule has 1 aliphatic rings. The van der Waals surface area contributed by atoms with E-state index in [1.807, 2.05) is 31.2 Å². The summed E-state index contributed by atoms with van der Waals surface area (Å²) < 4.78 is 16.3. The van der Waals surface area contributed by atoms with Gasteiger partial charge in [-0.05, 0) is 55.3 Å². The van der Waals surface area contributed by atoms with Crippen molar-refractivity contribution in [2.45, 2.75) is 19.4 Å². The molecule has 8 heteroatoms. The van der Waals surface area contributed by atoms with Crippen molar-refractivity contribution in [1.29, 1.82) is 0 Å². The number of nitrogens with zero attached hydrogens (tertiary/aromatic N) is 1. The maximum absolute atomic E-state index is 13.4. The molecule has 3 aromatic carbocycles. The van der Waals surface area contributed by atoms with Crippen LogP contribution in [0.1, 0.15) is 29.7 Å². The van der Waals surface area contributed by atoms with Gasteiger partial charge in [0.2, 0.25) is 0 Å². The van der Waals surface area contributed by atoms with E-state index in [1.165, 1.54) is 12.0 Å². The Balaban J connectivity index is 1.80. The molecule has 1 saturated heterocycles. The van der Waals surface area contributed by atoms with Crippen LogP contribution in [-0.4, -0.2) is 49.1 Å². The molecule has 1 heterocycles. The zero-order valence-electron chi connectivity index (χ0n) is 20.9. The lowest BCUT2D eigenvalue weighted by Gasteiger charge is -2.26. The summed E-state index contributed by atoms with van der Waals surface area (Å²) >= 11 is 6.22. The lowest BCUT2D eigenvalue weighted by Crippen LogP contribution is -2.31. The van der Waals surface area contributed by atoms with E-state index in [2.05, 4.69) is 0 Å². The summed E-state index contributed by atoms with van der Waals surface area (Å²) in [5.41, 5.74) is 1.87. The predicted molar refractivity (Wildman–Crippen MR) is 141 cm³/mol. The van der Waals surface area contributed by atoms with Gasteiger partial charge in [-0.2, -0.15) is 0 Å². The highest BCUT2D eigenvalue weighted by atomic mass is 35.5. The van der Waals surface area contributed by atoms with Crippen molar-refractivity contribution in [2.24, 2.45) is 0 Å². The zero-order valence-corrected chi connectivity index (χ0v) is 21.6. The second-order valence-corrected chi connectivity index (χ2v) is 8.82. The molecule has 1 aliphatic heterocycles. The SMILES string of the molecule is CCOc1cc(/C(O)=C2\C(=O)C(=O)N(CCc3ccc(OC)cc3)C2c2ccccc2OC)ccc1Cl. The molecule has 3 aromatic rings. The third kappa shape index (κ3) is 5.27. The fraction of sp³-hybridized carbons (Fsp3) is 0.241. The Bertz CT molecular complexity index is 1330. The van der Waals surface area contributed by atoms with Crippen molar-refractivity contribution in [1.82, 2.24) is 4.90 Å². The summed E-state index contributed by atoms with van der Waals surface area (Å²) in [6.45, 7) is 2.45. The molecule has 1 amide bonds. The predicted octanol–water partition coefficient (Wildman–Crippen LogP) is 5.42. The topological polar surface area (TPSA) is 85.3 Å². The Morgan fingerprint density at radius 1 is 0.973 bits per heavy atom. The van der Waals surface area contributed by atoms with Crippen LogP contribution in [0.3, 0.4) is 0 Å². The summed E-state index contributed by atoms with van der Waals surface area (Å²) in [5.74, 6) is -0.163. The molecule has 0 spiro atoms. The molecule has 0 aromatic heterocycles. The van der Waals surface area contributed by atoms with Gasteiger partial charge in [0, 0.05) is 17.7 Å². The fourth-order valence-corrected chi connectivity index (χ4v) is 4.61. The van der Waals surface area contributed by atoms with Crippen molar-refractivity contribution >= 4 is 29.1 Å². The van der Waals surface area contributed by atoms with Gasteiger partial charge in [0.25, 0.3) is 11.7 Å². The third-order valence-corrected chi connectivity index (χ3v) is 6.59. The van der Waals surface area contributed by atoms with Crippen LogP contribution < -0.4 is 14.2 Å².